The minimum atomic E-state index is -0.665. The quantitative estimate of drug-likeness (QED) is 0.848. The summed E-state index contributed by atoms with van der Waals surface area (Å²) in [7, 11) is 0. The van der Waals surface area contributed by atoms with Crippen molar-refractivity contribution in [3.05, 3.63) is 18.2 Å². The fourth-order valence-electron chi connectivity index (χ4n) is 2.26. The van der Waals surface area contributed by atoms with Crippen LogP contribution in [0.25, 0.3) is 0 Å². The number of carbonyl (C=O) groups is 1. The second-order valence-electron chi connectivity index (χ2n) is 5.32. The lowest BCUT2D eigenvalue weighted by Gasteiger charge is -2.22. The van der Waals surface area contributed by atoms with Gasteiger partial charge in [-0.25, -0.2) is 0 Å². The zero-order valence-electron chi connectivity index (χ0n) is 11.6. The van der Waals surface area contributed by atoms with Gasteiger partial charge in [-0.2, -0.15) is 0 Å². The van der Waals surface area contributed by atoms with Gasteiger partial charge in [0.2, 0.25) is 5.79 Å². The number of amides is 1. The van der Waals surface area contributed by atoms with E-state index in [4.69, 9.17) is 14.2 Å². The van der Waals surface area contributed by atoms with E-state index in [0.717, 1.165) is 6.54 Å². The number of morpholine rings is 1. The van der Waals surface area contributed by atoms with Crippen LogP contribution in [0.3, 0.4) is 0 Å². The van der Waals surface area contributed by atoms with Crippen molar-refractivity contribution in [2.45, 2.75) is 25.7 Å². The molecule has 0 radical (unpaired) electrons. The molecule has 3 rings (SSSR count). The number of hydrogen-bond acceptors (Lipinski definition) is 5. The first-order chi connectivity index (χ1) is 9.53. The number of hydrogen-bond donors (Lipinski definition) is 2. The van der Waals surface area contributed by atoms with Gasteiger partial charge in [0.1, 0.15) is 6.10 Å². The van der Waals surface area contributed by atoms with E-state index in [-0.39, 0.29) is 5.91 Å². The summed E-state index contributed by atoms with van der Waals surface area (Å²) in [4.78, 5) is 12.0. The van der Waals surface area contributed by atoms with Gasteiger partial charge < -0.3 is 24.8 Å². The molecule has 6 nitrogen and oxygen atoms in total. The summed E-state index contributed by atoms with van der Waals surface area (Å²) in [5, 5.41) is 5.95. The van der Waals surface area contributed by atoms with Crippen molar-refractivity contribution in [3.8, 4) is 11.5 Å². The average Bonchev–Trinajstić information content (AvgIpc) is 2.73. The van der Waals surface area contributed by atoms with Crippen LogP contribution in [-0.2, 0) is 9.53 Å². The highest BCUT2D eigenvalue weighted by atomic mass is 16.7. The third-order valence-corrected chi connectivity index (χ3v) is 3.14. The van der Waals surface area contributed by atoms with E-state index in [1.807, 2.05) is 13.8 Å². The molecule has 1 atom stereocenters. The zero-order chi connectivity index (χ0) is 14.2. The highest BCUT2D eigenvalue weighted by Crippen LogP contribution is 2.40. The summed E-state index contributed by atoms with van der Waals surface area (Å²) in [6, 6.07) is 5.34. The predicted molar refractivity (Wildman–Crippen MR) is 73.0 cm³/mol. The van der Waals surface area contributed by atoms with Gasteiger partial charge in [0, 0.05) is 38.7 Å². The monoisotopic (exact) mass is 278 g/mol. The second kappa shape index (κ2) is 4.96. The van der Waals surface area contributed by atoms with E-state index in [0.29, 0.717) is 30.3 Å². The maximum atomic E-state index is 12.0. The molecular weight excluding hydrogens is 260 g/mol. The lowest BCUT2D eigenvalue weighted by Crippen LogP contribution is -2.45. The molecule has 1 unspecified atom stereocenters. The summed E-state index contributed by atoms with van der Waals surface area (Å²) >= 11 is 0. The molecule has 0 spiro atoms. The summed E-state index contributed by atoms with van der Waals surface area (Å²) < 4.78 is 16.7. The van der Waals surface area contributed by atoms with E-state index in [9.17, 15) is 4.79 Å². The van der Waals surface area contributed by atoms with Crippen LogP contribution in [0.1, 0.15) is 13.8 Å². The molecule has 1 aromatic carbocycles. The molecular formula is C14H18N2O4. The number of carbonyl (C=O) groups excluding carboxylic acids is 1. The van der Waals surface area contributed by atoms with Crippen molar-refractivity contribution in [2.24, 2.45) is 0 Å². The van der Waals surface area contributed by atoms with E-state index in [1.165, 1.54) is 0 Å². The summed E-state index contributed by atoms with van der Waals surface area (Å²) in [6.45, 7) is 5.54. The Balaban J connectivity index is 1.68. The van der Waals surface area contributed by atoms with Gasteiger partial charge in [-0.3, -0.25) is 4.79 Å². The Morgan fingerprint density at radius 3 is 2.90 bits per heavy atom. The van der Waals surface area contributed by atoms with E-state index in [2.05, 4.69) is 10.6 Å². The standard InChI is InChI=1S/C14H18N2O4/c1-14(2)19-10-4-3-9(7-11(10)20-14)16-13(17)12-8-15-5-6-18-12/h3-4,7,12,15H,5-6,8H2,1-2H3,(H,16,17). The smallest absolute Gasteiger partial charge is 0.254 e. The van der Waals surface area contributed by atoms with Gasteiger partial charge in [-0.05, 0) is 12.1 Å². The summed E-state index contributed by atoms with van der Waals surface area (Å²) in [5.41, 5.74) is 0.671. The lowest BCUT2D eigenvalue weighted by atomic mass is 10.2. The lowest BCUT2D eigenvalue weighted by molar-refractivity contribution is -0.128. The SMILES string of the molecule is CC1(C)Oc2ccc(NC(=O)C3CNCCO3)cc2O1. The first-order valence-electron chi connectivity index (χ1n) is 6.69. The van der Waals surface area contributed by atoms with E-state index >= 15 is 0 Å². The van der Waals surface area contributed by atoms with Crippen molar-refractivity contribution in [1.29, 1.82) is 0 Å². The number of ether oxygens (including phenoxy) is 3. The summed E-state index contributed by atoms with van der Waals surface area (Å²) in [6.07, 6.45) is -0.453. The first kappa shape index (κ1) is 13.2. The van der Waals surface area contributed by atoms with Crippen LogP contribution >= 0.6 is 0 Å². The second-order valence-corrected chi connectivity index (χ2v) is 5.32. The largest absolute Gasteiger partial charge is 0.449 e. The van der Waals surface area contributed by atoms with Crippen LogP contribution in [0.4, 0.5) is 5.69 Å². The number of benzene rings is 1. The Morgan fingerprint density at radius 1 is 1.35 bits per heavy atom. The Labute approximate surface area is 117 Å². The average molecular weight is 278 g/mol. The maximum absolute atomic E-state index is 12.0. The van der Waals surface area contributed by atoms with Crippen LogP contribution in [0.2, 0.25) is 0 Å². The van der Waals surface area contributed by atoms with Gasteiger partial charge in [-0.1, -0.05) is 0 Å². The molecule has 6 heteroatoms. The topological polar surface area (TPSA) is 68.8 Å². The summed E-state index contributed by atoms with van der Waals surface area (Å²) in [5.74, 6) is 0.496. The van der Waals surface area contributed by atoms with Gasteiger partial charge in [0.05, 0.1) is 6.61 Å². The molecule has 1 aromatic rings. The van der Waals surface area contributed by atoms with Crippen molar-refractivity contribution >= 4 is 11.6 Å². The molecule has 1 fully saturated rings. The molecule has 108 valence electrons. The van der Waals surface area contributed by atoms with Crippen LogP contribution in [0.5, 0.6) is 11.5 Å². The first-order valence-corrected chi connectivity index (χ1v) is 6.69. The van der Waals surface area contributed by atoms with E-state index < -0.39 is 11.9 Å². The normalized spacial score (nSPS) is 23.4. The van der Waals surface area contributed by atoms with Gasteiger partial charge in [-0.15, -0.1) is 0 Å². The van der Waals surface area contributed by atoms with Crippen LogP contribution < -0.4 is 20.1 Å². The number of rotatable bonds is 2. The Hall–Kier alpha value is -1.79. The fourth-order valence-corrected chi connectivity index (χ4v) is 2.26. The maximum Gasteiger partial charge on any atom is 0.254 e. The van der Waals surface area contributed by atoms with Gasteiger partial charge in [0.15, 0.2) is 11.5 Å². The van der Waals surface area contributed by atoms with Crippen molar-refractivity contribution < 1.29 is 19.0 Å². The van der Waals surface area contributed by atoms with Crippen molar-refractivity contribution in [2.75, 3.05) is 25.0 Å². The molecule has 0 aromatic heterocycles. The highest BCUT2D eigenvalue weighted by molar-refractivity contribution is 5.94. The number of anilines is 1. The van der Waals surface area contributed by atoms with Crippen molar-refractivity contribution in [3.63, 3.8) is 0 Å². The molecule has 1 amide bonds. The fraction of sp³-hybridized carbons (Fsp3) is 0.500. The third kappa shape index (κ3) is 2.71. The minimum Gasteiger partial charge on any atom is -0.449 e. The highest BCUT2D eigenvalue weighted by Gasteiger charge is 2.32. The van der Waals surface area contributed by atoms with Crippen LogP contribution in [0.15, 0.2) is 18.2 Å². The van der Waals surface area contributed by atoms with Gasteiger partial charge >= 0.3 is 0 Å². The molecule has 2 heterocycles. The Morgan fingerprint density at radius 2 is 2.15 bits per heavy atom. The molecule has 2 N–H and O–H groups in total. The molecule has 0 saturated carbocycles. The number of nitrogens with one attached hydrogen (secondary N) is 2. The third-order valence-electron chi connectivity index (χ3n) is 3.14. The molecule has 0 aliphatic carbocycles. The Bertz CT molecular complexity index is 524. The van der Waals surface area contributed by atoms with Crippen LogP contribution in [-0.4, -0.2) is 37.5 Å². The molecule has 2 aliphatic heterocycles. The van der Waals surface area contributed by atoms with Crippen molar-refractivity contribution in [1.82, 2.24) is 5.32 Å². The van der Waals surface area contributed by atoms with E-state index in [1.54, 1.807) is 18.2 Å². The number of fused-ring (bicyclic) bond motifs is 1. The molecule has 1 saturated heterocycles. The Kier molecular flexibility index (Phi) is 3.27. The zero-order valence-corrected chi connectivity index (χ0v) is 11.6. The van der Waals surface area contributed by atoms with Crippen LogP contribution in [0, 0.1) is 0 Å². The minimum absolute atomic E-state index is 0.157. The predicted octanol–water partition coefficient (Wildman–Crippen LogP) is 1.12. The molecule has 2 aliphatic rings. The van der Waals surface area contributed by atoms with Gasteiger partial charge in [0.25, 0.3) is 5.91 Å². The molecule has 0 bridgehead atoms. The molecule has 20 heavy (non-hydrogen) atoms.